The number of anilines is 1. The Balaban J connectivity index is 1.08. The molecule has 7 heteroatoms. The van der Waals surface area contributed by atoms with Crippen molar-refractivity contribution in [1.29, 1.82) is 0 Å². The number of hydrogen-bond donors (Lipinski definition) is 3. The van der Waals surface area contributed by atoms with Crippen LogP contribution in [0.2, 0.25) is 0 Å². The van der Waals surface area contributed by atoms with Crippen LogP contribution >= 0.6 is 0 Å². The minimum Gasteiger partial charge on any atom is -0.325 e. The summed E-state index contributed by atoms with van der Waals surface area (Å²) in [6.45, 7) is 3.40. The van der Waals surface area contributed by atoms with Gasteiger partial charge in [-0.25, -0.2) is 5.43 Å². The van der Waals surface area contributed by atoms with Crippen LogP contribution in [0.1, 0.15) is 68.0 Å². The summed E-state index contributed by atoms with van der Waals surface area (Å²) in [6.07, 6.45) is 12.7. The van der Waals surface area contributed by atoms with Gasteiger partial charge < -0.3 is 5.32 Å². The van der Waals surface area contributed by atoms with Crippen molar-refractivity contribution in [1.82, 2.24) is 25.5 Å². The number of carbonyl (C=O) groups is 1. The lowest BCUT2D eigenvalue weighted by Crippen LogP contribution is -2.42. The average molecular weight is 435 g/mol. The third-order valence-electron chi connectivity index (χ3n) is 7.87. The van der Waals surface area contributed by atoms with E-state index in [9.17, 15) is 4.79 Å². The first-order valence-corrected chi connectivity index (χ1v) is 12.4. The van der Waals surface area contributed by atoms with E-state index in [-0.39, 0.29) is 11.9 Å². The number of hydrogen-bond acceptors (Lipinski definition) is 5. The van der Waals surface area contributed by atoms with E-state index in [1.54, 1.807) is 0 Å². The van der Waals surface area contributed by atoms with Crippen LogP contribution < -0.4 is 16.2 Å². The number of likely N-dealkylation sites (tertiary alicyclic amines) is 1. The van der Waals surface area contributed by atoms with Gasteiger partial charge in [0.2, 0.25) is 5.91 Å². The molecule has 32 heavy (non-hydrogen) atoms. The topological polar surface area (TPSA) is 74.2 Å². The third-order valence-corrected chi connectivity index (χ3v) is 7.87. The first kappa shape index (κ1) is 20.4. The van der Waals surface area contributed by atoms with Gasteiger partial charge in [0.25, 0.3) is 0 Å². The van der Waals surface area contributed by atoms with E-state index < -0.39 is 0 Å². The van der Waals surface area contributed by atoms with Crippen molar-refractivity contribution >= 4 is 11.6 Å². The summed E-state index contributed by atoms with van der Waals surface area (Å²) in [5.41, 5.74) is 10.2. The van der Waals surface area contributed by atoms with Crippen molar-refractivity contribution < 1.29 is 4.79 Å². The Bertz CT molecular complexity index is 946. The quantitative estimate of drug-likeness (QED) is 0.651. The van der Waals surface area contributed by atoms with Crippen LogP contribution in [0.5, 0.6) is 0 Å². The number of nitrogens with one attached hydrogen (secondary N) is 3. The Hall–Kier alpha value is -2.22. The summed E-state index contributed by atoms with van der Waals surface area (Å²) >= 11 is 0. The fraction of sp³-hybridized carbons (Fsp3) is 0.600. The lowest BCUT2D eigenvalue weighted by molar-refractivity contribution is -0.119. The minimum atomic E-state index is -0.203. The molecule has 1 aromatic carbocycles. The first-order valence-electron chi connectivity index (χ1n) is 12.4. The Morgan fingerprint density at radius 3 is 2.66 bits per heavy atom. The van der Waals surface area contributed by atoms with Crippen LogP contribution in [-0.4, -0.2) is 45.8 Å². The van der Waals surface area contributed by atoms with E-state index in [2.05, 4.69) is 55.4 Å². The van der Waals surface area contributed by atoms with Gasteiger partial charge in [-0.05, 0) is 87.2 Å². The van der Waals surface area contributed by atoms with E-state index in [0.29, 0.717) is 23.9 Å². The number of carbonyl (C=O) groups excluding carboxylic acids is 1. The van der Waals surface area contributed by atoms with Crippen LogP contribution in [-0.2, 0) is 11.3 Å². The van der Waals surface area contributed by atoms with Crippen LogP contribution in [0.3, 0.4) is 0 Å². The highest BCUT2D eigenvalue weighted by molar-refractivity contribution is 5.95. The molecule has 170 valence electrons. The molecular formula is C25H34N6O. The normalized spacial score (nSPS) is 30.4. The number of benzene rings is 1. The van der Waals surface area contributed by atoms with Gasteiger partial charge >= 0.3 is 0 Å². The van der Waals surface area contributed by atoms with Crippen molar-refractivity contribution in [2.75, 3.05) is 18.4 Å². The summed E-state index contributed by atoms with van der Waals surface area (Å²) < 4.78 is 2.14. The number of rotatable bonds is 6. The van der Waals surface area contributed by atoms with Gasteiger partial charge in [-0.3, -0.25) is 19.8 Å². The highest BCUT2D eigenvalue weighted by Crippen LogP contribution is 2.41. The predicted octanol–water partition coefficient (Wildman–Crippen LogP) is 3.18. The van der Waals surface area contributed by atoms with E-state index in [4.69, 9.17) is 0 Å². The number of aromatic nitrogens is 2. The average Bonchev–Trinajstić information content (AvgIpc) is 3.20. The second-order valence-electron chi connectivity index (χ2n) is 10.2. The molecule has 4 atom stereocenters. The molecule has 3 heterocycles. The maximum atomic E-state index is 13.1. The molecule has 4 unspecified atom stereocenters. The molecule has 1 aromatic heterocycles. The lowest BCUT2D eigenvalue weighted by atomic mass is 9.74. The van der Waals surface area contributed by atoms with Crippen molar-refractivity contribution in [2.45, 2.75) is 75.5 Å². The number of nitrogens with zero attached hydrogens (tertiary/aromatic N) is 3. The van der Waals surface area contributed by atoms with Gasteiger partial charge in [0.05, 0.1) is 12.2 Å². The van der Waals surface area contributed by atoms with Gasteiger partial charge in [0, 0.05) is 30.4 Å². The number of fused-ring (bicyclic) bond motifs is 1. The molecule has 2 saturated carbocycles. The second kappa shape index (κ2) is 8.61. The third kappa shape index (κ3) is 4.21. The summed E-state index contributed by atoms with van der Waals surface area (Å²) in [4.78, 5) is 15.6. The molecule has 2 aromatic rings. The van der Waals surface area contributed by atoms with Gasteiger partial charge in [0.1, 0.15) is 6.04 Å². The Morgan fingerprint density at radius 2 is 1.88 bits per heavy atom. The number of hydrazine groups is 1. The maximum Gasteiger partial charge on any atom is 0.243 e. The van der Waals surface area contributed by atoms with Gasteiger partial charge in [-0.2, -0.15) is 5.10 Å². The maximum absolute atomic E-state index is 13.1. The van der Waals surface area contributed by atoms with Crippen LogP contribution in [0, 0.1) is 5.92 Å². The Kier molecular flexibility index (Phi) is 5.49. The van der Waals surface area contributed by atoms with Crippen LogP contribution in [0.4, 0.5) is 5.69 Å². The van der Waals surface area contributed by atoms with Crippen molar-refractivity contribution in [3.05, 3.63) is 47.8 Å². The summed E-state index contributed by atoms with van der Waals surface area (Å²) in [6, 6.07) is 9.15. The number of amides is 1. The molecule has 3 N–H and O–H groups in total. The Morgan fingerprint density at radius 1 is 1.06 bits per heavy atom. The zero-order valence-electron chi connectivity index (χ0n) is 18.7. The zero-order valence-corrected chi connectivity index (χ0v) is 18.7. The Labute approximate surface area is 189 Å². The highest BCUT2D eigenvalue weighted by atomic mass is 16.2. The van der Waals surface area contributed by atoms with Crippen LogP contribution in [0.15, 0.2) is 36.7 Å². The SMILES string of the molecule is O=C(Nc1ccc(CN2CCCC2)cc1)C1NNC2CCC(c3cnn(C4CC4)c3)CC21. The molecule has 1 amide bonds. The molecule has 7 nitrogen and oxygen atoms in total. The minimum absolute atomic E-state index is 0.0617. The first-order chi connectivity index (χ1) is 15.7. The van der Waals surface area contributed by atoms with Crippen LogP contribution in [0.25, 0.3) is 0 Å². The fourth-order valence-electron chi connectivity index (χ4n) is 5.83. The van der Waals surface area contributed by atoms with Gasteiger partial charge in [0.15, 0.2) is 0 Å². The zero-order chi connectivity index (χ0) is 21.5. The molecule has 2 aliphatic heterocycles. The standard InChI is InChI=1S/C25H34N6O/c32-25(27-20-6-3-17(4-7-20)15-30-11-1-2-12-30)24-22-13-18(5-10-23(22)28-29-24)19-14-26-31(16-19)21-8-9-21/h3-4,6-7,14,16,18,21-24,28-29H,1-2,5,8-13,15H2,(H,27,32). The largest absolute Gasteiger partial charge is 0.325 e. The summed E-state index contributed by atoms with van der Waals surface area (Å²) in [7, 11) is 0. The molecule has 0 radical (unpaired) electrons. The molecular weight excluding hydrogens is 400 g/mol. The molecule has 2 aliphatic carbocycles. The lowest BCUT2D eigenvalue weighted by Gasteiger charge is -2.32. The smallest absolute Gasteiger partial charge is 0.243 e. The van der Waals surface area contributed by atoms with Gasteiger partial charge in [-0.15, -0.1) is 0 Å². The van der Waals surface area contributed by atoms with E-state index in [0.717, 1.165) is 31.5 Å². The highest BCUT2D eigenvalue weighted by Gasteiger charge is 2.44. The van der Waals surface area contributed by atoms with E-state index in [1.165, 1.54) is 49.9 Å². The molecule has 0 spiro atoms. The second-order valence-corrected chi connectivity index (χ2v) is 10.2. The molecule has 2 saturated heterocycles. The summed E-state index contributed by atoms with van der Waals surface area (Å²) in [5, 5.41) is 7.74. The van der Waals surface area contributed by atoms with Gasteiger partial charge in [-0.1, -0.05) is 12.1 Å². The fourth-order valence-corrected chi connectivity index (χ4v) is 5.83. The monoisotopic (exact) mass is 434 g/mol. The van der Waals surface area contributed by atoms with Crippen molar-refractivity contribution in [3.8, 4) is 0 Å². The summed E-state index contributed by atoms with van der Waals surface area (Å²) in [5.74, 6) is 0.852. The molecule has 6 rings (SSSR count). The molecule has 4 fully saturated rings. The van der Waals surface area contributed by atoms with Crippen molar-refractivity contribution in [2.24, 2.45) is 5.92 Å². The predicted molar refractivity (Wildman–Crippen MR) is 124 cm³/mol. The molecule has 4 aliphatic rings. The van der Waals surface area contributed by atoms with E-state index in [1.807, 2.05) is 12.1 Å². The molecule has 0 bridgehead atoms. The van der Waals surface area contributed by atoms with E-state index >= 15 is 0 Å². The van der Waals surface area contributed by atoms with Crippen molar-refractivity contribution in [3.63, 3.8) is 0 Å².